The molecule has 1 aromatic carbocycles. The standard InChI is InChI=1S/C11H17N3O/c1-14(2)11(15)6-7-13-10-5-3-4-9(12)8-10/h3-5,8,13H,6-7,12H2,1-2H3. The summed E-state index contributed by atoms with van der Waals surface area (Å²) in [4.78, 5) is 12.8. The summed E-state index contributed by atoms with van der Waals surface area (Å²) in [6.45, 7) is 0.625. The smallest absolute Gasteiger partial charge is 0.223 e. The van der Waals surface area contributed by atoms with Gasteiger partial charge in [0, 0.05) is 38.4 Å². The van der Waals surface area contributed by atoms with Crippen molar-refractivity contribution in [1.82, 2.24) is 4.90 Å². The first-order valence-electron chi connectivity index (χ1n) is 4.89. The van der Waals surface area contributed by atoms with Gasteiger partial charge in [-0.15, -0.1) is 0 Å². The van der Waals surface area contributed by atoms with Gasteiger partial charge in [0.2, 0.25) is 5.91 Å². The van der Waals surface area contributed by atoms with Gasteiger partial charge >= 0.3 is 0 Å². The van der Waals surface area contributed by atoms with Gasteiger partial charge in [-0.05, 0) is 18.2 Å². The van der Waals surface area contributed by atoms with Crippen molar-refractivity contribution in [3.05, 3.63) is 24.3 Å². The lowest BCUT2D eigenvalue weighted by Gasteiger charge is -2.11. The fraction of sp³-hybridized carbons (Fsp3) is 0.364. The van der Waals surface area contributed by atoms with Gasteiger partial charge in [0.15, 0.2) is 0 Å². The average molecular weight is 207 g/mol. The van der Waals surface area contributed by atoms with Crippen molar-refractivity contribution in [2.75, 3.05) is 31.7 Å². The van der Waals surface area contributed by atoms with Crippen molar-refractivity contribution < 1.29 is 4.79 Å². The number of hydrogen-bond donors (Lipinski definition) is 2. The fourth-order valence-corrected chi connectivity index (χ4v) is 1.19. The molecule has 1 amide bonds. The Labute approximate surface area is 90.1 Å². The summed E-state index contributed by atoms with van der Waals surface area (Å²) in [6.07, 6.45) is 0.488. The molecule has 0 atom stereocenters. The highest BCUT2D eigenvalue weighted by atomic mass is 16.2. The van der Waals surface area contributed by atoms with Crippen LogP contribution in [0.2, 0.25) is 0 Å². The Morgan fingerprint density at radius 3 is 2.80 bits per heavy atom. The topological polar surface area (TPSA) is 58.4 Å². The van der Waals surface area contributed by atoms with Crippen LogP contribution in [-0.4, -0.2) is 31.4 Å². The Hall–Kier alpha value is -1.71. The van der Waals surface area contributed by atoms with E-state index < -0.39 is 0 Å². The maximum absolute atomic E-state index is 11.3. The molecule has 0 bridgehead atoms. The van der Waals surface area contributed by atoms with Crippen LogP contribution in [0.25, 0.3) is 0 Å². The van der Waals surface area contributed by atoms with Crippen LogP contribution in [0.5, 0.6) is 0 Å². The van der Waals surface area contributed by atoms with Crippen molar-refractivity contribution >= 4 is 17.3 Å². The van der Waals surface area contributed by atoms with Gasteiger partial charge in [0.1, 0.15) is 0 Å². The molecular weight excluding hydrogens is 190 g/mol. The van der Waals surface area contributed by atoms with Crippen molar-refractivity contribution in [3.63, 3.8) is 0 Å². The summed E-state index contributed by atoms with van der Waals surface area (Å²) >= 11 is 0. The number of nitrogens with zero attached hydrogens (tertiary/aromatic N) is 1. The Balaban J connectivity index is 2.35. The van der Waals surface area contributed by atoms with Gasteiger partial charge in [0.05, 0.1) is 0 Å². The van der Waals surface area contributed by atoms with E-state index >= 15 is 0 Å². The number of rotatable bonds is 4. The molecule has 0 aliphatic rings. The van der Waals surface area contributed by atoms with Gasteiger partial charge in [-0.25, -0.2) is 0 Å². The van der Waals surface area contributed by atoms with Gasteiger partial charge in [0.25, 0.3) is 0 Å². The zero-order chi connectivity index (χ0) is 11.3. The maximum Gasteiger partial charge on any atom is 0.223 e. The van der Waals surface area contributed by atoms with Crippen LogP contribution in [-0.2, 0) is 4.79 Å². The molecule has 1 rings (SSSR count). The molecule has 4 heteroatoms. The third-order valence-electron chi connectivity index (χ3n) is 2.05. The molecule has 0 unspecified atom stereocenters. The van der Waals surface area contributed by atoms with Crippen molar-refractivity contribution in [2.24, 2.45) is 0 Å². The molecule has 3 N–H and O–H groups in total. The second-order valence-corrected chi connectivity index (χ2v) is 3.59. The molecule has 4 nitrogen and oxygen atoms in total. The summed E-state index contributed by atoms with van der Waals surface area (Å²) < 4.78 is 0. The second-order valence-electron chi connectivity index (χ2n) is 3.59. The van der Waals surface area contributed by atoms with Crippen LogP contribution in [0.4, 0.5) is 11.4 Å². The minimum Gasteiger partial charge on any atom is -0.399 e. The third-order valence-corrected chi connectivity index (χ3v) is 2.05. The van der Waals surface area contributed by atoms with Crippen molar-refractivity contribution in [2.45, 2.75) is 6.42 Å². The highest BCUT2D eigenvalue weighted by Gasteiger charge is 2.02. The summed E-state index contributed by atoms with van der Waals surface area (Å²) in [5, 5.41) is 3.14. The number of benzene rings is 1. The number of amides is 1. The number of carbonyl (C=O) groups is 1. The van der Waals surface area contributed by atoms with E-state index in [9.17, 15) is 4.79 Å². The van der Waals surface area contributed by atoms with E-state index in [4.69, 9.17) is 5.73 Å². The molecule has 0 aliphatic heterocycles. The van der Waals surface area contributed by atoms with E-state index in [1.165, 1.54) is 0 Å². The van der Waals surface area contributed by atoms with Crippen molar-refractivity contribution in [1.29, 1.82) is 0 Å². The Kier molecular flexibility index (Phi) is 3.97. The molecule has 1 aromatic rings. The van der Waals surface area contributed by atoms with Gasteiger partial charge in [-0.2, -0.15) is 0 Å². The van der Waals surface area contributed by atoms with E-state index in [0.29, 0.717) is 13.0 Å². The van der Waals surface area contributed by atoms with Crippen LogP contribution in [0.3, 0.4) is 0 Å². The zero-order valence-electron chi connectivity index (χ0n) is 9.16. The Morgan fingerprint density at radius 2 is 2.20 bits per heavy atom. The van der Waals surface area contributed by atoms with Crippen molar-refractivity contribution in [3.8, 4) is 0 Å². The lowest BCUT2D eigenvalue weighted by Crippen LogP contribution is -2.23. The monoisotopic (exact) mass is 207 g/mol. The van der Waals surface area contributed by atoms with Crippen LogP contribution in [0, 0.1) is 0 Å². The number of nitrogens with one attached hydrogen (secondary N) is 1. The lowest BCUT2D eigenvalue weighted by atomic mass is 10.2. The highest BCUT2D eigenvalue weighted by Crippen LogP contribution is 2.11. The number of carbonyl (C=O) groups excluding carboxylic acids is 1. The quantitative estimate of drug-likeness (QED) is 0.728. The zero-order valence-corrected chi connectivity index (χ0v) is 9.16. The number of anilines is 2. The second kappa shape index (κ2) is 5.24. The molecular formula is C11H17N3O. The minimum absolute atomic E-state index is 0.117. The Bertz CT molecular complexity index is 336. The Morgan fingerprint density at radius 1 is 1.47 bits per heavy atom. The third kappa shape index (κ3) is 3.89. The van der Waals surface area contributed by atoms with E-state index in [2.05, 4.69) is 5.32 Å². The van der Waals surface area contributed by atoms with E-state index in [1.54, 1.807) is 19.0 Å². The van der Waals surface area contributed by atoms with Crippen LogP contribution in [0.1, 0.15) is 6.42 Å². The molecule has 15 heavy (non-hydrogen) atoms. The van der Waals surface area contributed by atoms with Gasteiger partial charge in [-0.1, -0.05) is 6.07 Å². The van der Waals surface area contributed by atoms with E-state index in [1.807, 2.05) is 24.3 Å². The molecule has 0 saturated carbocycles. The SMILES string of the molecule is CN(C)C(=O)CCNc1cccc(N)c1. The lowest BCUT2D eigenvalue weighted by molar-refractivity contribution is -0.128. The summed E-state index contributed by atoms with van der Waals surface area (Å²) in [5.41, 5.74) is 7.29. The van der Waals surface area contributed by atoms with Crippen LogP contribution < -0.4 is 11.1 Å². The minimum atomic E-state index is 0.117. The number of nitrogen functional groups attached to an aromatic ring is 1. The first-order valence-corrected chi connectivity index (χ1v) is 4.89. The van der Waals surface area contributed by atoms with Gasteiger partial charge in [-0.3, -0.25) is 4.79 Å². The molecule has 0 fully saturated rings. The first-order chi connectivity index (χ1) is 7.09. The molecule has 0 spiro atoms. The first kappa shape index (κ1) is 11.4. The molecule has 82 valence electrons. The highest BCUT2D eigenvalue weighted by molar-refractivity contribution is 5.76. The summed E-state index contributed by atoms with van der Waals surface area (Å²) in [7, 11) is 3.51. The molecule has 0 heterocycles. The van der Waals surface area contributed by atoms with Gasteiger partial charge < -0.3 is 16.0 Å². The van der Waals surface area contributed by atoms with Crippen LogP contribution in [0.15, 0.2) is 24.3 Å². The van der Waals surface area contributed by atoms with Crippen LogP contribution >= 0.6 is 0 Å². The average Bonchev–Trinajstić information content (AvgIpc) is 2.17. The fourth-order valence-electron chi connectivity index (χ4n) is 1.19. The normalized spacial score (nSPS) is 9.73. The predicted octanol–water partition coefficient (Wildman–Crippen LogP) is 1.16. The molecule has 0 aliphatic carbocycles. The summed E-state index contributed by atoms with van der Waals surface area (Å²) in [6, 6.07) is 7.48. The number of hydrogen-bond acceptors (Lipinski definition) is 3. The summed E-state index contributed by atoms with van der Waals surface area (Å²) in [5.74, 6) is 0.117. The van der Waals surface area contributed by atoms with E-state index in [-0.39, 0.29) is 5.91 Å². The molecule has 0 radical (unpaired) electrons. The molecule has 0 saturated heterocycles. The number of nitrogens with two attached hydrogens (primary N) is 1. The largest absolute Gasteiger partial charge is 0.399 e. The predicted molar refractivity (Wildman–Crippen MR) is 62.7 cm³/mol. The van der Waals surface area contributed by atoms with E-state index in [0.717, 1.165) is 11.4 Å². The molecule has 0 aromatic heterocycles. The maximum atomic E-state index is 11.3.